The van der Waals surface area contributed by atoms with Crippen molar-refractivity contribution in [3.63, 3.8) is 0 Å². The van der Waals surface area contributed by atoms with Gasteiger partial charge in [-0.1, -0.05) is 22.0 Å². The van der Waals surface area contributed by atoms with Gasteiger partial charge >= 0.3 is 0 Å². The molecule has 1 saturated carbocycles. The first-order valence-electron chi connectivity index (χ1n) is 5.71. The molecular formula is C12H16BrNO2S. The quantitative estimate of drug-likeness (QED) is 0.931. The molecule has 17 heavy (non-hydrogen) atoms. The van der Waals surface area contributed by atoms with Crippen LogP contribution in [0.5, 0.6) is 0 Å². The molecule has 3 nitrogen and oxygen atoms in total. The molecule has 5 heteroatoms. The van der Waals surface area contributed by atoms with Crippen LogP contribution in [0, 0.1) is 0 Å². The van der Waals surface area contributed by atoms with Crippen LogP contribution in [-0.4, -0.2) is 26.8 Å². The summed E-state index contributed by atoms with van der Waals surface area (Å²) < 4.78 is 25.6. The van der Waals surface area contributed by atoms with E-state index in [2.05, 4.69) is 21.2 Å². The van der Waals surface area contributed by atoms with Crippen molar-refractivity contribution >= 4 is 25.8 Å². The average Bonchev–Trinajstić information content (AvgIpc) is 2.78. The second-order valence-electron chi connectivity index (χ2n) is 4.42. The fourth-order valence-corrected chi connectivity index (χ4v) is 4.75. The molecular weight excluding hydrogens is 302 g/mol. The fraction of sp³-hybridized carbons (Fsp3) is 0.500. The van der Waals surface area contributed by atoms with Crippen molar-refractivity contribution in [2.24, 2.45) is 0 Å². The first-order valence-corrected chi connectivity index (χ1v) is 8.04. The predicted molar refractivity (Wildman–Crippen MR) is 71.8 cm³/mol. The maximum absolute atomic E-state index is 12.4. The van der Waals surface area contributed by atoms with Gasteiger partial charge in [0.25, 0.3) is 0 Å². The van der Waals surface area contributed by atoms with Gasteiger partial charge in [0, 0.05) is 10.5 Å². The van der Waals surface area contributed by atoms with E-state index >= 15 is 0 Å². The number of halogens is 1. The Kier molecular flexibility index (Phi) is 3.90. The molecule has 0 amide bonds. The summed E-state index contributed by atoms with van der Waals surface area (Å²) in [6.45, 7) is 0. The lowest BCUT2D eigenvalue weighted by atomic mass is 10.3. The molecule has 0 bridgehead atoms. The van der Waals surface area contributed by atoms with Crippen LogP contribution in [0.4, 0.5) is 0 Å². The van der Waals surface area contributed by atoms with E-state index in [-0.39, 0.29) is 5.25 Å². The third-order valence-electron chi connectivity index (χ3n) is 3.36. The maximum atomic E-state index is 12.4. The Labute approximate surface area is 111 Å². The normalized spacial score (nSPS) is 25.1. The van der Waals surface area contributed by atoms with Crippen LogP contribution in [0.15, 0.2) is 33.6 Å². The smallest absolute Gasteiger partial charge is 0.181 e. The summed E-state index contributed by atoms with van der Waals surface area (Å²) in [6, 6.07) is 7.29. The van der Waals surface area contributed by atoms with Gasteiger partial charge in [0.15, 0.2) is 9.84 Å². The van der Waals surface area contributed by atoms with Crippen LogP contribution in [0.25, 0.3) is 0 Å². The van der Waals surface area contributed by atoms with Gasteiger partial charge in [0.05, 0.1) is 10.1 Å². The van der Waals surface area contributed by atoms with Gasteiger partial charge in [-0.15, -0.1) is 0 Å². The molecule has 2 unspecified atom stereocenters. The van der Waals surface area contributed by atoms with Crippen molar-refractivity contribution in [2.75, 3.05) is 7.05 Å². The molecule has 0 saturated heterocycles. The minimum atomic E-state index is -3.17. The number of sulfone groups is 1. The van der Waals surface area contributed by atoms with Gasteiger partial charge in [-0.25, -0.2) is 8.42 Å². The summed E-state index contributed by atoms with van der Waals surface area (Å²) in [6.07, 6.45) is 2.40. The van der Waals surface area contributed by atoms with E-state index in [1.54, 1.807) is 18.2 Å². The number of benzene rings is 1. The second kappa shape index (κ2) is 5.08. The van der Waals surface area contributed by atoms with Gasteiger partial charge in [-0.2, -0.15) is 0 Å². The van der Waals surface area contributed by atoms with Crippen LogP contribution >= 0.6 is 15.9 Å². The molecule has 0 radical (unpaired) electrons. The van der Waals surface area contributed by atoms with E-state index < -0.39 is 9.84 Å². The Morgan fingerprint density at radius 2 is 2.12 bits per heavy atom. The molecule has 1 aromatic rings. The Hall–Kier alpha value is -0.390. The van der Waals surface area contributed by atoms with E-state index in [1.807, 2.05) is 13.1 Å². The largest absolute Gasteiger partial charge is 0.317 e. The van der Waals surface area contributed by atoms with Crippen LogP contribution in [0.1, 0.15) is 19.3 Å². The van der Waals surface area contributed by atoms with Crippen molar-refractivity contribution in [3.8, 4) is 0 Å². The molecule has 0 spiro atoms. The van der Waals surface area contributed by atoms with E-state index in [1.165, 1.54) is 0 Å². The zero-order valence-electron chi connectivity index (χ0n) is 9.69. The lowest BCUT2D eigenvalue weighted by molar-refractivity contribution is 0.564. The standard InChI is InChI=1S/C12H16BrNO2S/c1-14-10-5-6-12(8-10)17(15,16)11-4-2-3-9(13)7-11/h2-4,7,10,12,14H,5-6,8H2,1H3. The van der Waals surface area contributed by atoms with E-state index in [4.69, 9.17) is 0 Å². The van der Waals surface area contributed by atoms with E-state index in [0.717, 1.165) is 17.3 Å². The van der Waals surface area contributed by atoms with Gasteiger partial charge in [-0.05, 0) is 44.5 Å². The Morgan fingerprint density at radius 3 is 2.71 bits per heavy atom. The first-order chi connectivity index (χ1) is 8.04. The second-order valence-corrected chi connectivity index (χ2v) is 7.57. The zero-order chi connectivity index (χ0) is 12.5. The van der Waals surface area contributed by atoms with Crippen molar-refractivity contribution in [1.29, 1.82) is 0 Å². The Balaban J connectivity index is 2.25. The minimum absolute atomic E-state index is 0.241. The van der Waals surface area contributed by atoms with Gasteiger partial charge in [0.1, 0.15) is 0 Å². The SMILES string of the molecule is CNC1CCC(S(=O)(=O)c2cccc(Br)c2)C1. The molecule has 2 rings (SSSR count). The highest BCUT2D eigenvalue weighted by Gasteiger charge is 2.34. The van der Waals surface area contributed by atoms with Crippen LogP contribution in [0.2, 0.25) is 0 Å². The molecule has 1 N–H and O–H groups in total. The Morgan fingerprint density at radius 1 is 1.35 bits per heavy atom. The highest BCUT2D eigenvalue weighted by molar-refractivity contribution is 9.10. The minimum Gasteiger partial charge on any atom is -0.317 e. The average molecular weight is 318 g/mol. The van der Waals surface area contributed by atoms with Crippen molar-refractivity contribution < 1.29 is 8.42 Å². The summed E-state index contributed by atoms with van der Waals surface area (Å²) in [5.41, 5.74) is 0. The van der Waals surface area contributed by atoms with Gasteiger partial charge in [0.2, 0.25) is 0 Å². The van der Waals surface area contributed by atoms with Gasteiger partial charge < -0.3 is 5.32 Å². The van der Waals surface area contributed by atoms with Gasteiger partial charge in [-0.3, -0.25) is 0 Å². The van der Waals surface area contributed by atoms with Crippen LogP contribution in [0.3, 0.4) is 0 Å². The number of rotatable bonds is 3. The molecule has 0 aliphatic heterocycles. The maximum Gasteiger partial charge on any atom is 0.181 e. The van der Waals surface area contributed by atoms with Crippen molar-refractivity contribution in [2.45, 2.75) is 35.4 Å². The molecule has 1 fully saturated rings. The summed E-state index contributed by atoms with van der Waals surface area (Å²) in [7, 11) is -1.29. The molecule has 0 aromatic heterocycles. The molecule has 1 aliphatic carbocycles. The topological polar surface area (TPSA) is 46.2 Å². The van der Waals surface area contributed by atoms with Crippen LogP contribution < -0.4 is 5.32 Å². The first kappa shape index (κ1) is 13.1. The summed E-state index contributed by atoms with van der Waals surface area (Å²) in [4.78, 5) is 0.425. The number of hydrogen-bond donors (Lipinski definition) is 1. The highest BCUT2D eigenvalue weighted by Crippen LogP contribution is 2.30. The van der Waals surface area contributed by atoms with Crippen molar-refractivity contribution in [3.05, 3.63) is 28.7 Å². The summed E-state index contributed by atoms with van der Waals surface area (Å²) >= 11 is 3.31. The molecule has 1 aliphatic rings. The Bertz CT molecular complexity index is 501. The lowest BCUT2D eigenvalue weighted by Gasteiger charge is -2.12. The van der Waals surface area contributed by atoms with E-state index in [0.29, 0.717) is 17.4 Å². The lowest BCUT2D eigenvalue weighted by Crippen LogP contribution is -2.25. The summed E-state index contributed by atoms with van der Waals surface area (Å²) in [5, 5.41) is 2.91. The molecule has 2 atom stereocenters. The van der Waals surface area contributed by atoms with E-state index in [9.17, 15) is 8.42 Å². The van der Waals surface area contributed by atoms with Crippen LogP contribution in [-0.2, 0) is 9.84 Å². The zero-order valence-corrected chi connectivity index (χ0v) is 12.1. The molecule has 1 aromatic carbocycles. The molecule has 94 valence electrons. The summed E-state index contributed by atoms with van der Waals surface area (Å²) in [5.74, 6) is 0. The number of nitrogens with one attached hydrogen (secondary N) is 1. The van der Waals surface area contributed by atoms with Crippen molar-refractivity contribution in [1.82, 2.24) is 5.32 Å². The highest BCUT2D eigenvalue weighted by atomic mass is 79.9. The molecule has 0 heterocycles. The third-order valence-corrected chi connectivity index (χ3v) is 6.07. The number of hydrogen-bond acceptors (Lipinski definition) is 3. The fourth-order valence-electron chi connectivity index (χ4n) is 2.32. The monoisotopic (exact) mass is 317 g/mol. The predicted octanol–water partition coefficient (Wildman–Crippen LogP) is 2.36. The third kappa shape index (κ3) is 2.72.